The number of pyridine rings is 1. The first-order chi connectivity index (χ1) is 8.09. The van der Waals surface area contributed by atoms with Gasteiger partial charge < -0.3 is 10.6 Å². The van der Waals surface area contributed by atoms with Crippen molar-refractivity contribution < 1.29 is 0 Å². The van der Waals surface area contributed by atoms with Crippen molar-refractivity contribution in [1.29, 1.82) is 0 Å². The summed E-state index contributed by atoms with van der Waals surface area (Å²) in [5, 5.41) is 0. The molecule has 0 aromatic carbocycles. The zero-order valence-corrected chi connectivity index (χ0v) is 11.2. The van der Waals surface area contributed by atoms with E-state index < -0.39 is 0 Å². The average Bonchev–Trinajstić information content (AvgIpc) is 2.33. The maximum atomic E-state index is 5.55. The Morgan fingerprint density at radius 2 is 2.24 bits per heavy atom. The van der Waals surface area contributed by atoms with Crippen LogP contribution in [-0.2, 0) is 0 Å². The van der Waals surface area contributed by atoms with Crippen LogP contribution >= 0.6 is 12.2 Å². The molecule has 2 rings (SSSR count). The minimum atomic E-state index is 0.358. The van der Waals surface area contributed by atoms with E-state index >= 15 is 0 Å². The number of aromatic nitrogens is 1. The Balaban J connectivity index is 2.19. The van der Waals surface area contributed by atoms with Gasteiger partial charge in [-0.05, 0) is 37.8 Å². The molecule has 1 aliphatic rings. The molecule has 3 nitrogen and oxygen atoms in total. The molecule has 1 fully saturated rings. The summed E-state index contributed by atoms with van der Waals surface area (Å²) in [6.45, 7) is 5.71. The third-order valence-electron chi connectivity index (χ3n) is 3.71. The van der Waals surface area contributed by atoms with Gasteiger partial charge in [0, 0.05) is 12.6 Å². The minimum Gasteiger partial charge on any atom is -0.388 e. The molecule has 0 aliphatic carbocycles. The molecule has 1 saturated heterocycles. The van der Waals surface area contributed by atoms with Gasteiger partial charge in [-0.2, -0.15) is 0 Å². The predicted octanol–water partition coefficient (Wildman–Crippen LogP) is 2.34. The van der Waals surface area contributed by atoms with Crippen molar-refractivity contribution in [3.63, 3.8) is 0 Å². The van der Waals surface area contributed by atoms with Gasteiger partial charge in [0.05, 0.1) is 17.6 Å². The number of hydrogen-bond acceptors (Lipinski definition) is 3. The second-order valence-electron chi connectivity index (χ2n) is 4.82. The molecule has 1 aromatic rings. The molecule has 0 spiro atoms. The number of hydrogen-bond donors (Lipinski definition) is 1. The smallest absolute Gasteiger partial charge is 0.122 e. The van der Waals surface area contributed by atoms with Crippen LogP contribution in [0.3, 0.4) is 0 Å². The molecule has 2 atom stereocenters. The van der Waals surface area contributed by atoms with E-state index in [0.29, 0.717) is 16.7 Å². The van der Waals surface area contributed by atoms with Gasteiger partial charge in [0.25, 0.3) is 0 Å². The zero-order valence-electron chi connectivity index (χ0n) is 10.4. The monoisotopic (exact) mass is 249 g/mol. The SMILES string of the molecule is CC1CCCN(c2ccc(C(N)=S)nc2)C1C. The molecule has 0 saturated carbocycles. The van der Waals surface area contributed by atoms with E-state index in [2.05, 4.69) is 29.8 Å². The number of nitrogens with two attached hydrogens (primary N) is 1. The van der Waals surface area contributed by atoms with Crippen molar-refractivity contribution >= 4 is 22.9 Å². The normalized spacial score (nSPS) is 24.7. The summed E-state index contributed by atoms with van der Waals surface area (Å²) >= 11 is 4.91. The standard InChI is InChI=1S/C13H19N3S/c1-9-4-3-7-16(10(9)2)11-5-6-12(13(14)17)15-8-11/h5-6,8-10H,3-4,7H2,1-2H3,(H2,14,17). The summed E-state index contributed by atoms with van der Waals surface area (Å²) < 4.78 is 0. The van der Waals surface area contributed by atoms with Gasteiger partial charge in [-0.1, -0.05) is 19.1 Å². The lowest BCUT2D eigenvalue weighted by Gasteiger charge is -2.39. The van der Waals surface area contributed by atoms with E-state index in [-0.39, 0.29) is 0 Å². The van der Waals surface area contributed by atoms with Crippen molar-refractivity contribution in [1.82, 2.24) is 4.98 Å². The second-order valence-corrected chi connectivity index (χ2v) is 5.26. The van der Waals surface area contributed by atoms with Crippen LogP contribution in [0.25, 0.3) is 0 Å². The largest absolute Gasteiger partial charge is 0.388 e. The maximum absolute atomic E-state index is 5.55. The molecular formula is C13H19N3S. The summed E-state index contributed by atoms with van der Waals surface area (Å²) in [5.74, 6) is 0.735. The Hall–Kier alpha value is -1.16. The van der Waals surface area contributed by atoms with Crippen molar-refractivity contribution in [2.75, 3.05) is 11.4 Å². The van der Waals surface area contributed by atoms with E-state index in [4.69, 9.17) is 18.0 Å². The Kier molecular flexibility index (Phi) is 3.62. The maximum Gasteiger partial charge on any atom is 0.122 e. The third kappa shape index (κ3) is 2.57. The highest BCUT2D eigenvalue weighted by atomic mass is 32.1. The summed E-state index contributed by atoms with van der Waals surface area (Å²) in [6.07, 6.45) is 4.45. The van der Waals surface area contributed by atoms with Crippen LogP contribution in [-0.4, -0.2) is 22.6 Å². The number of nitrogens with zero attached hydrogens (tertiary/aromatic N) is 2. The van der Waals surface area contributed by atoms with E-state index in [1.807, 2.05) is 12.3 Å². The molecule has 17 heavy (non-hydrogen) atoms. The van der Waals surface area contributed by atoms with Crippen LogP contribution in [0.1, 0.15) is 32.4 Å². The van der Waals surface area contributed by atoms with Crippen molar-refractivity contribution in [2.24, 2.45) is 11.7 Å². The first-order valence-corrected chi connectivity index (χ1v) is 6.53. The molecule has 0 bridgehead atoms. The lowest BCUT2D eigenvalue weighted by Crippen LogP contribution is -2.42. The van der Waals surface area contributed by atoms with Gasteiger partial charge in [0.15, 0.2) is 0 Å². The molecule has 0 radical (unpaired) electrons. The van der Waals surface area contributed by atoms with Gasteiger partial charge in [0.2, 0.25) is 0 Å². The van der Waals surface area contributed by atoms with Crippen LogP contribution in [0.2, 0.25) is 0 Å². The molecular weight excluding hydrogens is 230 g/mol. The number of rotatable bonds is 2. The lowest BCUT2D eigenvalue weighted by molar-refractivity contribution is 0.363. The van der Waals surface area contributed by atoms with E-state index in [0.717, 1.165) is 12.5 Å². The van der Waals surface area contributed by atoms with Gasteiger partial charge in [-0.25, -0.2) is 0 Å². The van der Waals surface area contributed by atoms with Crippen LogP contribution in [0, 0.1) is 5.92 Å². The highest BCUT2D eigenvalue weighted by Crippen LogP contribution is 2.27. The summed E-state index contributed by atoms with van der Waals surface area (Å²) in [5.41, 5.74) is 7.41. The van der Waals surface area contributed by atoms with E-state index in [1.165, 1.54) is 18.5 Å². The van der Waals surface area contributed by atoms with Gasteiger partial charge >= 0.3 is 0 Å². The second kappa shape index (κ2) is 5.00. The molecule has 2 heterocycles. The fourth-order valence-corrected chi connectivity index (χ4v) is 2.52. The lowest BCUT2D eigenvalue weighted by atomic mass is 9.92. The fraction of sp³-hybridized carbons (Fsp3) is 0.538. The number of piperidine rings is 1. The van der Waals surface area contributed by atoms with Crippen LogP contribution in [0.5, 0.6) is 0 Å². The van der Waals surface area contributed by atoms with Gasteiger partial charge in [0.1, 0.15) is 4.99 Å². The molecule has 0 amide bonds. The Morgan fingerprint density at radius 1 is 1.47 bits per heavy atom. The molecule has 2 unspecified atom stereocenters. The average molecular weight is 249 g/mol. The number of anilines is 1. The Morgan fingerprint density at radius 3 is 2.82 bits per heavy atom. The zero-order chi connectivity index (χ0) is 12.4. The summed E-state index contributed by atoms with van der Waals surface area (Å²) in [7, 11) is 0. The Bertz CT molecular complexity index is 402. The summed E-state index contributed by atoms with van der Waals surface area (Å²) in [4.78, 5) is 7.08. The van der Waals surface area contributed by atoms with Crippen molar-refractivity contribution in [3.8, 4) is 0 Å². The topological polar surface area (TPSA) is 42.1 Å². The first-order valence-electron chi connectivity index (χ1n) is 6.12. The number of thiocarbonyl (C=S) groups is 1. The van der Waals surface area contributed by atoms with Crippen LogP contribution < -0.4 is 10.6 Å². The Labute approximate surface area is 108 Å². The van der Waals surface area contributed by atoms with Gasteiger partial charge in [-0.15, -0.1) is 0 Å². The van der Waals surface area contributed by atoms with E-state index in [9.17, 15) is 0 Å². The molecule has 4 heteroatoms. The first kappa shape index (κ1) is 12.3. The van der Waals surface area contributed by atoms with Gasteiger partial charge in [-0.3, -0.25) is 4.98 Å². The van der Waals surface area contributed by atoms with E-state index in [1.54, 1.807) is 0 Å². The minimum absolute atomic E-state index is 0.358. The summed E-state index contributed by atoms with van der Waals surface area (Å²) in [6, 6.07) is 4.54. The van der Waals surface area contributed by atoms with Crippen LogP contribution in [0.4, 0.5) is 5.69 Å². The highest BCUT2D eigenvalue weighted by molar-refractivity contribution is 7.80. The molecule has 92 valence electrons. The quantitative estimate of drug-likeness (QED) is 0.817. The molecule has 2 N–H and O–H groups in total. The molecule has 1 aromatic heterocycles. The highest BCUT2D eigenvalue weighted by Gasteiger charge is 2.24. The van der Waals surface area contributed by atoms with Crippen molar-refractivity contribution in [2.45, 2.75) is 32.7 Å². The predicted molar refractivity (Wildman–Crippen MR) is 75.3 cm³/mol. The molecule has 1 aliphatic heterocycles. The fourth-order valence-electron chi connectivity index (χ4n) is 2.40. The third-order valence-corrected chi connectivity index (χ3v) is 3.91. The van der Waals surface area contributed by atoms with Crippen molar-refractivity contribution in [3.05, 3.63) is 24.0 Å². The van der Waals surface area contributed by atoms with Crippen LogP contribution in [0.15, 0.2) is 18.3 Å².